The van der Waals surface area contributed by atoms with Crippen LogP contribution >= 0.6 is 0 Å². The standard InChI is InChI=1S/C18H23N3O3/c1-11(12-2-3-15-14(8-12)21-16(22)10-24-15)20-17(23)13-9-18(13)4-6-19-7-5-18/h2-3,8,11,13,19H,4-7,9-10H2,1H3,(H,20,23)(H,21,22). The van der Waals surface area contributed by atoms with Gasteiger partial charge >= 0.3 is 0 Å². The predicted molar refractivity (Wildman–Crippen MR) is 89.8 cm³/mol. The number of benzene rings is 1. The Morgan fingerprint density at radius 3 is 2.96 bits per heavy atom. The van der Waals surface area contributed by atoms with Crippen LogP contribution in [-0.2, 0) is 9.59 Å². The highest BCUT2D eigenvalue weighted by Crippen LogP contribution is 2.58. The number of piperidine rings is 1. The first-order chi connectivity index (χ1) is 11.6. The molecule has 6 heteroatoms. The first-order valence-electron chi connectivity index (χ1n) is 8.65. The maximum Gasteiger partial charge on any atom is 0.262 e. The van der Waals surface area contributed by atoms with Crippen molar-refractivity contribution < 1.29 is 14.3 Å². The summed E-state index contributed by atoms with van der Waals surface area (Å²) in [5.74, 6) is 0.833. The number of rotatable bonds is 3. The second-order valence-corrected chi connectivity index (χ2v) is 7.19. The van der Waals surface area contributed by atoms with Crippen molar-refractivity contribution in [1.29, 1.82) is 0 Å². The molecule has 2 aliphatic heterocycles. The van der Waals surface area contributed by atoms with Crippen molar-refractivity contribution in [3.8, 4) is 5.75 Å². The first kappa shape index (κ1) is 15.4. The maximum absolute atomic E-state index is 12.6. The lowest BCUT2D eigenvalue weighted by Gasteiger charge is -2.24. The Kier molecular flexibility index (Phi) is 3.72. The average Bonchev–Trinajstić information content (AvgIpc) is 3.28. The van der Waals surface area contributed by atoms with Crippen molar-refractivity contribution >= 4 is 17.5 Å². The molecule has 4 rings (SSSR count). The summed E-state index contributed by atoms with van der Waals surface area (Å²) in [7, 11) is 0. The predicted octanol–water partition coefficient (Wildman–Crippen LogP) is 1.58. The SMILES string of the molecule is CC(NC(=O)C1CC12CCNCC2)c1ccc2c(c1)NC(=O)CO2. The van der Waals surface area contributed by atoms with Gasteiger partial charge in [0.25, 0.3) is 5.91 Å². The van der Waals surface area contributed by atoms with Crippen LogP contribution in [0.2, 0.25) is 0 Å². The Hall–Kier alpha value is -2.08. The van der Waals surface area contributed by atoms with Gasteiger partial charge in [0.05, 0.1) is 11.7 Å². The molecule has 1 spiro atoms. The van der Waals surface area contributed by atoms with Crippen molar-refractivity contribution in [1.82, 2.24) is 10.6 Å². The van der Waals surface area contributed by atoms with E-state index in [1.54, 1.807) is 0 Å². The number of carbonyl (C=O) groups is 2. The molecule has 2 fully saturated rings. The summed E-state index contributed by atoms with van der Waals surface area (Å²) in [5.41, 5.74) is 1.88. The summed E-state index contributed by atoms with van der Waals surface area (Å²) in [4.78, 5) is 24.0. The van der Waals surface area contributed by atoms with Crippen molar-refractivity contribution in [2.24, 2.45) is 11.3 Å². The fourth-order valence-corrected chi connectivity index (χ4v) is 3.96. The monoisotopic (exact) mass is 329 g/mol. The molecule has 128 valence electrons. The van der Waals surface area contributed by atoms with Crippen LogP contribution in [0.4, 0.5) is 5.69 Å². The molecular weight excluding hydrogens is 306 g/mol. The molecule has 1 aromatic rings. The molecule has 3 N–H and O–H groups in total. The van der Waals surface area contributed by atoms with Gasteiger partial charge in [0.15, 0.2) is 6.61 Å². The van der Waals surface area contributed by atoms with Crippen molar-refractivity contribution in [3.63, 3.8) is 0 Å². The van der Waals surface area contributed by atoms with Crippen LogP contribution in [-0.4, -0.2) is 31.5 Å². The van der Waals surface area contributed by atoms with E-state index in [-0.39, 0.29) is 35.8 Å². The molecule has 3 aliphatic rings. The number of nitrogens with one attached hydrogen (secondary N) is 3. The lowest BCUT2D eigenvalue weighted by Crippen LogP contribution is -2.34. The summed E-state index contributed by atoms with van der Waals surface area (Å²) in [6, 6.07) is 5.57. The van der Waals surface area contributed by atoms with Crippen LogP contribution < -0.4 is 20.7 Å². The largest absolute Gasteiger partial charge is 0.482 e. The van der Waals surface area contributed by atoms with Crippen molar-refractivity contribution in [3.05, 3.63) is 23.8 Å². The zero-order valence-electron chi connectivity index (χ0n) is 13.9. The third-order valence-electron chi connectivity index (χ3n) is 5.60. The average molecular weight is 329 g/mol. The molecule has 2 atom stereocenters. The Balaban J connectivity index is 1.41. The Morgan fingerprint density at radius 1 is 1.38 bits per heavy atom. The highest BCUT2D eigenvalue weighted by molar-refractivity contribution is 5.95. The molecular formula is C18H23N3O3. The molecule has 0 bridgehead atoms. The lowest BCUT2D eigenvalue weighted by molar-refractivity contribution is -0.124. The highest BCUT2D eigenvalue weighted by Gasteiger charge is 2.57. The van der Waals surface area contributed by atoms with E-state index in [1.165, 1.54) is 0 Å². The molecule has 24 heavy (non-hydrogen) atoms. The van der Waals surface area contributed by atoms with E-state index < -0.39 is 0 Å². The van der Waals surface area contributed by atoms with Gasteiger partial charge in [0.1, 0.15) is 5.75 Å². The molecule has 2 heterocycles. The molecule has 1 saturated heterocycles. The Labute approximate surface area is 141 Å². The topological polar surface area (TPSA) is 79.5 Å². The third-order valence-corrected chi connectivity index (χ3v) is 5.60. The summed E-state index contributed by atoms with van der Waals surface area (Å²) < 4.78 is 5.37. The van der Waals surface area contributed by atoms with Gasteiger partial charge in [-0.1, -0.05) is 6.07 Å². The third kappa shape index (κ3) is 2.75. The molecule has 2 unspecified atom stereocenters. The molecule has 0 radical (unpaired) electrons. The highest BCUT2D eigenvalue weighted by atomic mass is 16.5. The molecule has 1 aliphatic carbocycles. The van der Waals surface area contributed by atoms with E-state index in [2.05, 4.69) is 16.0 Å². The van der Waals surface area contributed by atoms with Gasteiger partial charge in [-0.25, -0.2) is 0 Å². The molecule has 1 saturated carbocycles. The Bertz CT molecular complexity index is 682. The van der Waals surface area contributed by atoms with Crippen LogP contribution in [0, 0.1) is 11.3 Å². The number of amides is 2. The van der Waals surface area contributed by atoms with Crippen molar-refractivity contribution in [2.45, 2.75) is 32.2 Å². The number of anilines is 1. The van der Waals surface area contributed by atoms with E-state index in [9.17, 15) is 9.59 Å². The number of hydrogen-bond acceptors (Lipinski definition) is 4. The first-order valence-corrected chi connectivity index (χ1v) is 8.65. The molecule has 6 nitrogen and oxygen atoms in total. The smallest absolute Gasteiger partial charge is 0.262 e. The lowest BCUT2D eigenvalue weighted by atomic mass is 9.91. The summed E-state index contributed by atoms with van der Waals surface area (Å²) in [5, 5.41) is 9.30. The van der Waals surface area contributed by atoms with Crippen molar-refractivity contribution in [2.75, 3.05) is 25.0 Å². The minimum absolute atomic E-state index is 0.0528. The quantitative estimate of drug-likeness (QED) is 0.787. The van der Waals surface area contributed by atoms with E-state index in [4.69, 9.17) is 4.74 Å². The maximum atomic E-state index is 12.6. The summed E-state index contributed by atoms with van der Waals surface area (Å²) in [6.45, 7) is 4.06. The van der Waals surface area contributed by atoms with E-state index in [1.807, 2.05) is 25.1 Å². The van der Waals surface area contributed by atoms with E-state index in [0.717, 1.165) is 37.9 Å². The zero-order valence-corrected chi connectivity index (χ0v) is 13.9. The second-order valence-electron chi connectivity index (χ2n) is 7.19. The van der Waals surface area contributed by atoms with E-state index in [0.29, 0.717) is 11.4 Å². The fourth-order valence-electron chi connectivity index (χ4n) is 3.96. The van der Waals surface area contributed by atoms with Gasteiger partial charge in [-0.15, -0.1) is 0 Å². The van der Waals surface area contributed by atoms with Gasteiger partial charge in [0, 0.05) is 5.92 Å². The van der Waals surface area contributed by atoms with Gasteiger partial charge < -0.3 is 20.7 Å². The fraction of sp³-hybridized carbons (Fsp3) is 0.556. The van der Waals surface area contributed by atoms with Crippen LogP contribution in [0.25, 0.3) is 0 Å². The minimum Gasteiger partial charge on any atom is -0.482 e. The summed E-state index contributed by atoms with van der Waals surface area (Å²) in [6.07, 6.45) is 3.21. The van der Waals surface area contributed by atoms with Gasteiger partial charge in [-0.3, -0.25) is 9.59 Å². The van der Waals surface area contributed by atoms with Gasteiger partial charge in [0.2, 0.25) is 5.91 Å². The minimum atomic E-state index is -0.151. The normalized spacial score (nSPS) is 25.2. The number of carbonyl (C=O) groups excluding carboxylic acids is 2. The summed E-state index contributed by atoms with van der Waals surface area (Å²) >= 11 is 0. The second kappa shape index (κ2) is 5.77. The zero-order chi connectivity index (χ0) is 16.7. The van der Waals surface area contributed by atoms with Crippen LogP contribution in [0.5, 0.6) is 5.75 Å². The van der Waals surface area contributed by atoms with Gasteiger partial charge in [-0.05, 0) is 62.4 Å². The van der Waals surface area contributed by atoms with Crippen LogP contribution in [0.3, 0.4) is 0 Å². The van der Waals surface area contributed by atoms with Crippen LogP contribution in [0.1, 0.15) is 37.8 Å². The number of ether oxygens (including phenoxy) is 1. The molecule has 0 aromatic heterocycles. The number of fused-ring (bicyclic) bond motifs is 1. The molecule has 2 amide bonds. The van der Waals surface area contributed by atoms with Gasteiger partial charge in [-0.2, -0.15) is 0 Å². The molecule has 1 aromatic carbocycles. The van der Waals surface area contributed by atoms with E-state index >= 15 is 0 Å². The Morgan fingerprint density at radius 2 is 2.17 bits per heavy atom. The number of hydrogen-bond donors (Lipinski definition) is 3. The van der Waals surface area contributed by atoms with Crippen LogP contribution in [0.15, 0.2) is 18.2 Å².